The van der Waals surface area contributed by atoms with Crippen molar-refractivity contribution in [3.63, 3.8) is 0 Å². The summed E-state index contributed by atoms with van der Waals surface area (Å²) in [7, 11) is -2.08. The molecule has 178 valence electrons. The number of nitrogens with one attached hydrogen (secondary N) is 1. The molecular weight excluding hydrogens is 478 g/mol. The van der Waals surface area contributed by atoms with Crippen molar-refractivity contribution in [2.24, 2.45) is 17.8 Å². The monoisotopic (exact) mass is 501 g/mol. The molecule has 5 rings (SSSR count). The Bertz CT molecular complexity index is 1380. The predicted octanol–water partition coefficient (Wildman–Crippen LogP) is 1.07. The second-order valence-electron chi connectivity index (χ2n) is 8.93. The highest BCUT2D eigenvalue weighted by molar-refractivity contribution is 7.89. The number of anilines is 1. The maximum Gasteiger partial charge on any atom is 0.263 e. The molecule has 3 aliphatic rings. The smallest absolute Gasteiger partial charge is 0.263 e. The fraction of sp³-hybridized carbons (Fsp3) is 0.409. The molecule has 1 aliphatic carbocycles. The molecule has 0 radical (unpaired) electrons. The topological polar surface area (TPSA) is 126 Å². The second-order valence-corrected chi connectivity index (χ2v) is 11.0. The molecule has 1 aromatic heterocycles. The van der Waals surface area contributed by atoms with Crippen LogP contribution in [0.4, 0.5) is 5.69 Å². The maximum absolute atomic E-state index is 13.7. The van der Waals surface area contributed by atoms with Crippen LogP contribution in [-0.2, 0) is 23.6 Å². The lowest BCUT2D eigenvalue weighted by Gasteiger charge is -2.38. The van der Waals surface area contributed by atoms with Crippen LogP contribution in [0.2, 0.25) is 5.02 Å². The van der Waals surface area contributed by atoms with Gasteiger partial charge in [-0.1, -0.05) is 23.4 Å². The number of amides is 1. The van der Waals surface area contributed by atoms with Crippen molar-refractivity contribution < 1.29 is 13.2 Å². The largest absolute Gasteiger partial charge is 0.320 e. The average molecular weight is 502 g/mol. The van der Waals surface area contributed by atoms with Gasteiger partial charge in [0.15, 0.2) is 0 Å². The lowest BCUT2D eigenvalue weighted by Crippen LogP contribution is -2.52. The van der Waals surface area contributed by atoms with Crippen LogP contribution in [0, 0.1) is 11.8 Å². The van der Waals surface area contributed by atoms with Crippen molar-refractivity contribution in [3.8, 4) is 11.8 Å². The van der Waals surface area contributed by atoms with Crippen LogP contribution in [0.25, 0.3) is 0 Å². The summed E-state index contributed by atoms with van der Waals surface area (Å²) >= 11 is 6.64. The third-order valence-corrected chi connectivity index (χ3v) is 7.99. The number of nitrogens with zero attached hydrogens (tertiary/aromatic N) is 5. The average Bonchev–Trinajstić information content (AvgIpc) is 3.15. The molecule has 12 heteroatoms. The minimum Gasteiger partial charge on any atom is -0.320 e. The quantitative estimate of drug-likeness (QED) is 0.590. The van der Waals surface area contributed by atoms with E-state index in [-0.39, 0.29) is 34.6 Å². The number of guanidine groups is 1. The Hall–Kier alpha value is -2.91. The van der Waals surface area contributed by atoms with Gasteiger partial charge < -0.3 is 5.73 Å². The number of carbonyl (C=O) groups excluding carboxylic acids is 1. The zero-order valence-electron chi connectivity index (χ0n) is 18.7. The van der Waals surface area contributed by atoms with Crippen molar-refractivity contribution in [1.82, 2.24) is 19.4 Å². The molecule has 0 spiro atoms. The number of halogens is 1. The fourth-order valence-electron chi connectivity index (χ4n) is 4.15. The lowest BCUT2D eigenvalue weighted by atomic mass is 10.1. The van der Waals surface area contributed by atoms with Gasteiger partial charge in [-0.05, 0) is 31.9 Å². The molecule has 1 aromatic carbocycles. The number of nitrogens with two attached hydrogens (primary N) is 1. The Labute approximate surface area is 202 Å². The van der Waals surface area contributed by atoms with Gasteiger partial charge in [-0.25, -0.2) is 18.1 Å². The number of rotatable bonds is 5. The Morgan fingerprint density at radius 2 is 2.12 bits per heavy atom. The predicted molar refractivity (Wildman–Crippen MR) is 128 cm³/mol. The molecule has 1 atom stereocenters. The summed E-state index contributed by atoms with van der Waals surface area (Å²) in [6, 6.07) is 2.38. The molecule has 10 nitrogen and oxygen atoms in total. The van der Waals surface area contributed by atoms with Crippen molar-refractivity contribution in [1.29, 1.82) is 0 Å². The first-order valence-electron chi connectivity index (χ1n) is 10.8. The molecule has 2 aliphatic heterocycles. The van der Waals surface area contributed by atoms with Crippen LogP contribution < -0.4 is 15.4 Å². The number of aryl methyl sites for hydroxylation is 1. The van der Waals surface area contributed by atoms with E-state index in [9.17, 15) is 13.2 Å². The number of sulfonamides is 1. The van der Waals surface area contributed by atoms with Crippen molar-refractivity contribution in [2.45, 2.75) is 42.8 Å². The number of hydrogen-bond acceptors (Lipinski definition) is 7. The van der Waals surface area contributed by atoms with E-state index >= 15 is 0 Å². The second kappa shape index (κ2) is 8.09. The Morgan fingerprint density at radius 3 is 2.76 bits per heavy atom. The van der Waals surface area contributed by atoms with Gasteiger partial charge in [0, 0.05) is 24.3 Å². The molecule has 1 amide bonds. The zero-order valence-corrected chi connectivity index (χ0v) is 20.3. The fourth-order valence-corrected chi connectivity index (χ4v) is 6.04. The zero-order chi connectivity index (χ0) is 24.3. The van der Waals surface area contributed by atoms with Crippen LogP contribution in [0.1, 0.15) is 35.7 Å². The van der Waals surface area contributed by atoms with Crippen LogP contribution in [0.5, 0.6) is 0 Å². The number of benzene rings is 1. The molecule has 34 heavy (non-hydrogen) atoms. The summed E-state index contributed by atoms with van der Waals surface area (Å²) in [4.78, 5) is 21.5. The number of carbonyl (C=O) groups is 1. The summed E-state index contributed by atoms with van der Waals surface area (Å²) in [5.41, 5.74) is 6.49. The summed E-state index contributed by atoms with van der Waals surface area (Å²) in [6.07, 6.45) is 5.00. The van der Waals surface area contributed by atoms with Crippen LogP contribution in [0.15, 0.2) is 34.4 Å². The summed E-state index contributed by atoms with van der Waals surface area (Å²) in [5.74, 6) is 5.97. The lowest BCUT2D eigenvalue weighted by molar-refractivity contribution is 0.0833. The van der Waals surface area contributed by atoms with E-state index in [2.05, 4.69) is 26.7 Å². The number of aromatic nitrogens is 2. The van der Waals surface area contributed by atoms with Crippen LogP contribution in [-0.4, -0.2) is 59.6 Å². The Balaban J connectivity index is 1.62. The van der Waals surface area contributed by atoms with Gasteiger partial charge in [-0.15, -0.1) is 0 Å². The van der Waals surface area contributed by atoms with Gasteiger partial charge in [0.05, 0.1) is 47.0 Å². The van der Waals surface area contributed by atoms with E-state index in [1.54, 1.807) is 22.8 Å². The standard InChI is InChI=1S/C22H24ClN7O3S/c1-22(5-6-22)27-34(32,33)16-8-17-19(18(23)9-16)30-15(4-3-7-24)11-25-21(30)29(20(17)31)13-14-10-26-28(2)12-14/h8-10,12,15,27H,5-7,11,13,24H2,1-2H3. The molecule has 2 aromatic rings. The molecule has 1 saturated carbocycles. The molecular formula is C22H24ClN7O3S. The molecule has 0 saturated heterocycles. The first-order chi connectivity index (χ1) is 16.1. The summed E-state index contributed by atoms with van der Waals surface area (Å²) < 4.78 is 30.5. The normalized spacial score (nSPS) is 20.4. The number of aliphatic imine (C=N–C) groups is 1. The van der Waals surface area contributed by atoms with Crippen LogP contribution in [0.3, 0.4) is 0 Å². The highest BCUT2D eigenvalue weighted by Crippen LogP contribution is 2.42. The highest BCUT2D eigenvalue weighted by atomic mass is 35.5. The molecule has 1 unspecified atom stereocenters. The highest BCUT2D eigenvalue weighted by Gasteiger charge is 2.45. The van der Waals surface area contributed by atoms with E-state index in [0.29, 0.717) is 18.2 Å². The Kier molecular flexibility index (Phi) is 5.44. The minimum absolute atomic E-state index is 0.0526. The third-order valence-electron chi connectivity index (χ3n) is 6.09. The third kappa shape index (κ3) is 3.96. The van der Waals surface area contributed by atoms with Crippen molar-refractivity contribution in [3.05, 3.63) is 40.7 Å². The molecule has 0 bridgehead atoms. The molecule has 3 heterocycles. The van der Waals surface area contributed by atoms with E-state index in [0.717, 1.165) is 18.4 Å². The molecule has 1 fully saturated rings. The summed E-state index contributed by atoms with van der Waals surface area (Å²) in [5, 5.41) is 4.31. The van der Waals surface area contributed by atoms with Crippen LogP contribution >= 0.6 is 11.6 Å². The van der Waals surface area contributed by atoms with Gasteiger partial charge in [0.1, 0.15) is 6.04 Å². The minimum atomic E-state index is -3.87. The number of fused-ring (bicyclic) bond motifs is 3. The van der Waals surface area contributed by atoms with Crippen molar-refractivity contribution in [2.75, 3.05) is 18.0 Å². The van der Waals surface area contributed by atoms with E-state index in [1.807, 2.05) is 13.1 Å². The van der Waals surface area contributed by atoms with E-state index < -0.39 is 21.5 Å². The first-order valence-corrected chi connectivity index (χ1v) is 12.7. The summed E-state index contributed by atoms with van der Waals surface area (Å²) in [6.45, 7) is 2.57. The SMILES string of the molecule is Cn1cc(CN2C(=O)c3cc(S(=O)(=O)NC4(C)CC4)cc(Cl)c3N3C2=NCC3C#CCN)cn1. The maximum atomic E-state index is 13.7. The van der Waals surface area contributed by atoms with Gasteiger partial charge >= 0.3 is 0 Å². The Morgan fingerprint density at radius 1 is 1.35 bits per heavy atom. The first kappa shape index (κ1) is 22.9. The van der Waals surface area contributed by atoms with E-state index in [4.69, 9.17) is 17.3 Å². The van der Waals surface area contributed by atoms with Gasteiger partial charge in [-0.2, -0.15) is 5.10 Å². The van der Waals surface area contributed by atoms with Gasteiger partial charge in [0.25, 0.3) is 5.91 Å². The van der Waals surface area contributed by atoms with Gasteiger partial charge in [0.2, 0.25) is 16.0 Å². The molecule has 3 N–H and O–H groups in total. The van der Waals surface area contributed by atoms with Gasteiger partial charge in [-0.3, -0.25) is 19.3 Å². The number of hydrogen-bond donors (Lipinski definition) is 2. The van der Waals surface area contributed by atoms with E-state index in [1.165, 1.54) is 17.0 Å². The van der Waals surface area contributed by atoms with Crippen molar-refractivity contribution >= 4 is 39.2 Å².